The first-order valence-corrected chi connectivity index (χ1v) is 12.4. The van der Waals surface area contributed by atoms with Crippen LogP contribution in [0.3, 0.4) is 0 Å². The van der Waals surface area contributed by atoms with Gasteiger partial charge in [-0.05, 0) is 60.2 Å². The van der Waals surface area contributed by atoms with Crippen molar-refractivity contribution in [2.24, 2.45) is 0 Å². The summed E-state index contributed by atoms with van der Waals surface area (Å²) in [6, 6.07) is 15.6. The van der Waals surface area contributed by atoms with Crippen molar-refractivity contribution in [3.63, 3.8) is 0 Å². The van der Waals surface area contributed by atoms with E-state index in [1.807, 2.05) is 0 Å². The smallest absolute Gasteiger partial charge is 0.204 e. The molecule has 3 rings (SSSR count). The Hall–Kier alpha value is -3.00. The summed E-state index contributed by atoms with van der Waals surface area (Å²) >= 11 is 11.9. The summed E-state index contributed by atoms with van der Waals surface area (Å²) in [5.74, 6) is -0.184. The summed E-state index contributed by atoms with van der Waals surface area (Å²) < 4.78 is 43.2. The van der Waals surface area contributed by atoms with Gasteiger partial charge in [0.1, 0.15) is 4.91 Å². The molecule has 0 atom stereocenters. The topological polar surface area (TPSA) is 78.9 Å². The molecule has 0 N–H and O–H groups in total. The van der Waals surface area contributed by atoms with Crippen molar-refractivity contribution in [3.8, 4) is 17.2 Å². The van der Waals surface area contributed by atoms with E-state index in [1.54, 1.807) is 36.4 Å². The lowest BCUT2D eigenvalue weighted by atomic mass is 10.1. The van der Waals surface area contributed by atoms with E-state index in [0.29, 0.717) is 26.9 Å². The highest BCUT2D eigenvalue weighted by Crippen LogP contribution is 2.41. The van der Waals surface area contributed by atoms with Crippen LogP contribution in [0.2, 0.25) is 10.0 Å². The molecular weight excluding hydrogens is 499 g/mol. The summed E-state index contributed by atoms with van der Waals surface area (Å²) in [6.07, 6.45) is 1.28. The number of carbonyl (C=O) groups is 1. The lowest BCUT2D eigenvalue weighted by Gasteiger charge is -2.15. The first kappa shape index (κ1) is 25.6. The summed E-state index contributed by atoms with van der Waals surface area (Å²) in [7, 11) is 0.224. The van der Waals surface area contributed by atoms with Gasteiger partial charge in [-0.1, -0.05) is 35.3 Å². The van der Waals surface area contributed by atoms with Crippen molar-refractivity contribution >= 4 is 44.9 Å². The zero-order valence-corrected chi connectivity index (χ0v) is 21.0. The summed E-state index contributed by atoms with van der Waals surface area (Å²) in [5.41, 5.74) is 0.991. The first-order valence-electron chi connectivity index (χ1n) is 9.98. The van der Waals surface area contributed by atoms with Gasteiger partial charge in [-0.25, -0.2) is 8.42 Å². The molecule has 0 bridgehead atoms. The normalized spacial score (nSPS) is 11.7. The molecule has 0 aliphatic rings. The number of hydrogen-bond donors (Lipinski definition) is 0. The molecule has 0 saturated heterocycles. The van der Waals surface area contributed by atoms with Crippen LogP contribution >= 0.6 is 23.2 Å². The third kappa shape index (κ3) is 5.73. The number of methoxy groups -OCH3 is 3. The van der Waals surface area contributed by atoms with Gasteiger partial charge in [0, 0.05) is 21.2 Å². The average Bonchev–Trinajstić information content (AvgIpc) is 2.83. The minimum Gasteiger partial charge on any atom is -0.493 e. The highest BCUT2D eigenvalue weighted by Gasteiger charge is 2.28. The maximum atomic E-state index is 13.5. The van der Waals surface area contributed by atoms with Crippen LogP contribution < -0.4 is 14.2 Å². The summed E-state index contributed by atoms with van der Waals surface area (Å²) in [6.45, 7) is 0. The Balaban J connectivity index is 2.19. The van der Waals surface area contributed by atoms with Gasteiger partial charge < -0.3 is 14.2 Å². The van der Waals surface area contributed by atoms with Gasteiger partial charge in [0.2, 0.25) is 11.5 Å². The van der Waals surface area contributed by atoms with E-state index in [-0.39, 0.29) is 17.1 Å². The molecule has 6 nitrogen and oxygen atoms in total. The number of hydrogen-bond acceptors (Lipinski definition) is 6. The van der Waals surface area contributed by atoms with E-state index >= 15 is 0 Å². The van der Waals surface area contributed by atoms with Crippen molar-refractivity contribution < 1.29 is 27.4 Å². The summed E-state index contributed by atoms with van der Waals surface area (Å²) in [5, 5.41) is 0.900. The molecule has 3 aromatic rings. The predicted octanol–water partition coefficient (Wildman–Crippen LogP) is 5.86. The second-order valence-electron chi connectivity index (χ2n) is 7.15. The molecule has 0 amide bonds. The van der Waals surface area contributed by atoms with Crippen LogP contribution in [0.1, 0.15) is 21.5 Å². The molecule has 0 aromatic heterocycles. The molecule has 0 saturated carbocycles. The minimum absolute atomic E-state index is 0.176. The highest BCUT2D eigenvalue weighted by atomic mass is 35.5. The zero-order chi connectivity index (χ0) is 24.9. The molecule has 0 aliphatic heterocycles. The Morgan fingerprint density at radius 2 is 1.35 bits per heavy atom. The third-order valence-corrected chi connectivity index (χ3v) is 7.15. The van der Waals surface area contributed by atoms with Gasteiger partial charge in [0.15, 0.2) is 21.3 Å². The largest absolute Gasteiger partial charge is 0.493 e. The van der Waals surface area contributed by atoms with Crippen LogP contribution in [0.4, 0.5) is 0 Å². The van der Waals surface area contributed by atoms with E-state index < -0.39 is 26.3 Å². The van der Waals surface area contributed by atoms with Crippen LogP contribution in [-0.2, 0) is 15.6 Å². The molecule has 9 heteroatoms. The number of ether oxygens (including phenoxy) is 3. The van der Waals surface area contributed by atoms with Gasteiger partial charge in [0.25, 0.3) is 0 Å². The molecule has 0 fully saturated rings. The minimum atomic E-state index is -4.10. The number of allylic oxidation sites excluding steroid dienone is 1. The Kier molecular flexibility index (Phi) is 8.25. The average molecular weight is 521 g/mol. The van der Waals surface area contributed by atoms with Crippen LogP contribution in [0.15, 0.2) is 65.6 Å². The fourth-order valence-corrected chi connectivity index (χ4v) is 5.04. The van der Waals surface area contributed by atoms with E-state index in [1.165, 1.54) is 51.7 Å². The van der Waals surface area contributed by atoms with Crippen molar-refractivity contribution in [2.75, 3.05) is 21.3 Å². The molecule has 3 aromatic carbocycles. The fraction of sp³-hybridized carbons (Fsp3) is 0.160. The number of halogens is 2. The lowest BCUT2D eigenvalue weighted by Crippen LogP contribution is -2.16. The number of ketones is 1. The third-order valence-electron chi connectivity index (χ3n) is 4.96. The quantitative estimate of drug-likeness (QED) is 0.259. The Labute approximate surface area is 208 Å². The lowest BCUT2D eigenvalue weighted by molar-refractivity contribution is 0.104. The molecule has 178 valence electrons. The number of benzene rings is 3. The maximum Gasteiger partial charge on any atom is 0.204 e. The molecular formula is C25H22Cl2O6S. The highest BCUT2D eigenvalue weighted by molar-refractivity contribution is 7.95. The number of sulfone groups is 1. The molecule has 0 radical (unpaired) electrons. The molecule has 0 aliphatic carbocycles. The van der Waals surface area contributed by atoms with Gasteiger partial charge in [0.05, 0.1) is 27.1 Å². The van der Waals surface area contributed by atoms with Gasteiger partial charge in [-0.15, -0.1) is 0 Å². The monoisotopic (exact) mass is 520 g/mol. The van der Waals surface area contributed by atoms with Crippen molar-refractivity contribution in [2.45, 2.75) is 5.75 Å². The number of Topliss-reactive ketones (excluding diaryl/α,β-unsaturated/α-hetero) is 1. The van der Waals surface area contributed by atoms with Gasteiger partial charge in [-0.2, -0.15) is 0 Å². The van der Waals surface area contributed by atoms with Crippen LogP contribution in [0.25, 0.3) is 6.08 Å². The van der Waals surface area contributed by atoms with Crippen LogP contribution in [0.5, 0.6) is 17.2 Å². The van der Waals surface area contributed by atoms with Crippen molar-refractivity contribution in [1.29, 1.82) is 0 Å². The Bertz CT molecular complexity index is 1310. The summed E-state index contributed by atoms with van der Waals surface area (Å²) in [4.78, 5) is 13.0. The molecule has 0 heterocycles. The fourth-order valence-electron chi connectivity index (χ4n) is 3.30. The van der Waals surface area contributed by atoms with Crippen LogP contribution in [0, 0.1) is 0 Å². The molecule has 0 spiro atoms. The van der Waals surface area contributed by atoms with E-state index in [2.05, 4.69) is 0 Å². The number of rotatable bonds is 9. The molecule has 0 unspecified atom stereocenters. The van der Waals surface area contributed by atoms with Gasteiger partial charge in [-0.3, -0.25) is 4.79 Å². The zero-order valence-electron chi connectivity index (χ0n) is 18.7. The second-order valence-corrected chi connectivity index (χ2v) is 9.98. The van der Waals surface area contributed by atoms with E-state index in [0.717, 1.165) is 0 Å². The second kappa shape index (κ2) is 11.0. The maximum absolute atomic E-state index is 13.5. The first-order chi connectivity index (χ1) is 16.2. The van der Waals surface area contributed by atoms with Crippen molar-refractivity contribution in [1.82, 2.24) is 0 Å². The van der Waals surface area contributed by atoms with Gasteiger partial charge >= 0.3 is 0 Å². The van der Waals surface area contributed by atoms with E-state index in [9.17, 15) is 13.2 Å². The Morgan fingerprint density at radius 1 is 0.794 bits per heavy atom. The van der Waals surface area contributed by atoms with Crippen molar-refractivity contribution in [3.05, 3.63) is 92.3 Å². The number of carbonyl (C=O) groups excluding carboxylic acids is 1. The SMILES string of the molecule is COc1ccc(/C=C(/C(=O)c2ccc(Cl)cc2)S(=O)(=O)Cc2ccc(Cl)cc2)c(OC)c1OC. The van der Waals surface area contributed by atoms with Crippen LogP contribution in [-0.4, -0.2) is 35.5 Å². The predicted molar refractivity (Wildman–Crippen MR) is 134 cm³/mol. The van der Waals surface area contributed by atoms with E-state index in [4.69, 9.17) is 37.4 Å². The molecule has 34 heavy (non-hydrogen) atoms. The Morgan fingerprint density at radius 3 is 1.88 bits per heavy atom. The standard InChI is InChI=1S/C25H22Cl2O6S/c1-31-21-13-8-18(24(32-2)25(21)33-3)14-22(23(28)17-6-11-20(27)12-7-17)34(29,30)15-16-4-9-19(26)10-5-16/h4-14H,15H2,1-3H3/b22-14-.